The highest BCUT2D eigenvalue weighted by Crippen LogP contribution is 2.44. The highest BCUT2D eigenvalue weighted by atomic mass is 32.1. The summed E-state index contributed by atoms with van der Waals surface area (Å²) >= 11 is 5.25. The molecule has 2 N–H and O–H groups in total. The lowest BCUT2D eigenvalue weighted by molar-refractivity contribution is -0.200. The van der Waals surface area contributed by atoms with Crippen LogP contribution in [-0.4, -0.2) is 41.4 Å². The number of aliphatic hydroxyl groups excluding tert-OH is 1. The summed E-state index contributed by atoms with van der Waals surface area (Å²) in [5.74, 6) is 0.859. The smallest absolute Gasteiger partial charge is 0.118 e. The number of likely N-dealkylation sites (tertiary alicyclic amines) is 1. The molecule has 0 radical (unpaired) electrons. The van der Waals surface area contributed by atoms with Crippen molar-refractivity contribution >= 4 is 17.2 Å². The molecule has 2 aliphatic rings. The predicted molar refractivity (Wildman–Crippen MR) is 81.7 cm³/mol. The number of hydrogen-bond donors (Lipinski definition) is 2. The van der Waals surface area contributed by atoms with Crippen LogP contribution < -0.4 is 10.1 Å². The first-order valence-electron chi connectivity index (χ1n) is 6.95. The number of hydrogen-bond acceptors (Lipinski definition) is 4. The standard InChI is InChI=1S/C15H20N2O2S/c1-19-12-4-2-11(3-5-12)9-17-10-15(14(17)18)6-7-16-13(20)8-15/h2-5,14,18H,6-10H2,1H3,(H,16,20). The monoisotopic (exact) mass is 292 g/mol. The Bertz CT molecular complexity index is 505. The second-order valence-corrected chi connectivity index (χ2v) is 6.26. The van der Waals surface area contributed by atoms with Crippen LogP contribution in [-0.2, 0) is 6.54 Å². The summed E-state index contributed by atoms with van der Waals surface area (Å²) < 4.78 is 5.15. The van der Waals surface area contributed by atoms with Crippen LogP contribution in [0.25, 0.3) is 0 Å². The Kier molecular flexibility index (Phi) is 3.67. The highest BCUT2D eigenvalue weighted by molar-refractivity contribution is 7.80. The van der Waals surface area contributed by atoms with Gasteiger partial charge in [0.05, 0.1) is 12.1 Å². The van der Waals surface area contributed by atoms with E-state index in [0.717, 1.165) is 43.2 Å². The molecule has 4 nitrogen and oxygen atoms in total. The number of piperidine rings is 1. The van der Waals surface area contributed by atoms with Crippen molar-refractivity contribution in [2.24, 2.45) is 5.41 Å². The number of thiocarbonyl (C=S) groups is 1. The van der Waals surface area contributed by atoms with Crippen LogP contribution >= 0.6 is 12.2 Å². The summed E-state index contributed by atoms with van der Waals surface area (Å²) in [5.41, 5.74) is 1.17. The lowest BCUT2D eigenvalue weighted by atomic mass is 9.70. The Morgan fingerprint density at radius 3 is 2.80 bits per heavy atom. The third-order valence-electron chi connectivity index (χ3n) is 4.41. The topological polar surface area (TPSA) is 44.7 Å². The molecule has 20 heavy (non-hydrogen) atoms. The van der Waals surface area contributed by atoms with E-state index in [-0.39, 0.29) is 11.6 Å². The van der Waals surface area contributed by atoms with Gasteiger partial charge < -0.3 is 15.2 Å². The maximum Gasteiger partial charge on any atom is 0.118 e. The first-order chi connectivity index (χ1) is 9.63. The van der Waals surface area contributed by atoms with Gasteiger partial charge in [-0.25, -0.2) is 0 Å². The normalized spacial score (nSPS) is 29.9. The summed E-state index contributed by atoms with van der Waals surface area (Å²) in [5, 5.41) is 13.7. The molecule has 2 fully saturated rings. The molecule has 2 unspecified atom stereocenters. The second-order valence-electron chi connectivity index (χ2n) is 5.77. The van der Waals surface area contributed by atoms with E-state index in [4.69, 9.17) is 17.0 Å². The molecule has 1 aromatic rings. The molecule has 3 rings (SSSR count). The van der Waals surface area contributed by atoms with Crippen LogP contribution in [0, 0.1) is 5.41 Å². The van der Waals surface area contributed by atoms with Gasteiger partial charge in [0.2, 0.25) is 0 Å². The Balaban J connectivity index is 1.61. The van der Waals surface area contributed by atoms with Gasteiger partial charge in [-0.05, 0) is 24.1 Å². The van der Waals surface area contributed by atoms with Crippen molar-refractivity contribution in [3.8, 4) is 5.75 Å². The minimum absolute atomic E-state index is 0.0190. The van der Waals surface area contributed by atoms with Crippen molar-refractivity contribution in [3.05, 3.63) is 29.8 Å². The first kappa shape index (κ1) is 13.8. The summed E-state index contributed by atoms with van der Waals surface area (Å²) in [6.07, 6.45) is 1.42. The van der Waals surface area contributed by atoms with Crippen molar-refractivity contribution in [1.29, 1.82) is 0 Å². The predicted octanol–water partition coefficient (Wildman–Crippen LogP) is 1.53. The summed E-state index contributed by atoms with van der Waals surface area (Å²) in [4.78, 5) is 3.00. The van der Waals surface area contributed by atoms with Crippen molar-refractivity contribution < 1.29 is 9.84 Å². The molecular formula is C15H20N2O2S. The van der Waals surface area contributed by atoms with Gasteiger partial charge in [-0.3, -0.25) is 4.90 Å². The van der Waals surface area contributed by atoms with Crippen LogP contribution in [0.15, 0.2) is 24.3 Å². The molecule has 0 aromatic heterocycles. The first-order valence-corrected chi connectivity index (χ1v) is 7.35. The zero-order chi connectivity index (χ0) is 14.2. The fourth-order valence-electron chi connectivity index (χ4n) is 3.23. The van der Waals surface area contributed by atoms with E-state index in [1.165, 1.54) is 5.56 Å². The van der Waals surface area contributed by atoms with Gasteiger partial charge in [0.1, 0.15) is 12.0 Å². The minimum Gasteiger partial charge on any atom is -0.497 e. The molecule has 2 aliphatic heterocycles. The summed E-state index contributed by atoms with van der Waals surface area (Å²) in [7, 11) is 1.66. The van der Waals surface area contributed by atoms with Crippen LogP contribution in [0.5, 0.6) is 5.75 Å². The molecular weight excluding hydrogens is 272 g/mol. The number of benzene rings is 1. The molecule has 2 heterocycles. The van der Waals surface area contributed by atoms with E-state index in [9.17, 15) is 5.11 Å². The summed E-state index contributed by atoms with van der Waals surface area (Å²) in [6, 6.07) is 8.00. The molecule has 0 aliphatic carbocycles. The Morgan fingerprint density at radius 2 is 2.20 bits per heavy atom. The van der Waals surface area contributed by atoms with Crippen LogP contribution in [0.1, 0.15) is 18.4 Å². The van der Waals surface area contributed by atoms with E-state index in [1.807, 2.05) is 24.3 Å². The largest absolute Gasteiger partial charge is 0.497 e. The number of aliphatic hydroxyl groups is 1. The van der Waals surface area contributed by atoms with Crippen molar-refractivity contribution in [3.63, 3.8) is 0 Å². The highest BCUT2D eigenvalue weighted by Gasteiger charge is 2.52. The maximum atomic E-state index is 10.5. The van der Waals surface area contributed by atoms with E-state index < -0.39 is 0 Å². The van der Waals surface area contributed by atoms with Crippen molar-refractivity contribution in [2.45, 2.75) is 25.6 Å². The second kappa shape index (κ2) is 5.31. The van der Waals surface area contributed by atoms with E-state index >= 15 is 0 Å². The minimum atomic E-state index is -0.385. The molecule has 2 saturated heterocycles. The lowest BCUT2D eigenvalue weighted by Crippen LogP contribution is -2.67. The SMILES string of the molecule is COc1ccc(CN2CC3(CCNC(=S)C3)C2O)cc1. The van der Waals surface area contributed by atoms with Crippen LogP contribution in [0.4, 0.5) is 0 Å². The molecule has 0 bridgehead atoms. The number of ether oxygens (including phenoxy) is 1. The van der Waals surface area contributed by atoms with Gasteiger partial charge >= 0.3 is 0 Å². The summed E-state index contributed by atoms with van der Waals surface area (Å²) in [6.45, 7) is 2.57. The van der Waals surface area contributed by atoms with E-state index in [1.54, 1.807) is 7.11 Å². The molecule has 0 saturated carbocycles. The average Bonchev–Trinajstić information content (AvgIpc) is 2.47. The third-order valence-corrected chi connectivity index (χ3v) is 4.70. The van der Waals surface area contributed by atoms with Crippen LogP contribution in [0.2, 0.25) is 0 Å². The van der Waals surface area contributed by atoms with Gasteiger partial charge in [0.15, 0.2) is 0 Å². The Hall–Kier alpha value is -1.17. The van der Waals surface area contributed by atoms with Gasteiger partial charge in [-0.2, -0.15) is 0 Å². The molecule has 2 atom stereocenters. The Labute approximate surface area is 124 Å². The van der Waals surface area contributed by atoms with Gasteiger partial charge in [-0.1, -0.05) is 24.4 Å². The number of rotatable bonds is 3. The van der Waals surface area contributed by atoms with Gasteiger partial charge in [0, 0.05) is 31.5 Å². The van der Waals surface area contributed by atoms with E-state index in [0.29, 0.717) is 0 Å². The number of nitrogens with zero attached hydrogens (tertiary/aromatic N) is 1. The molecule has 108 valence electrons. The molecule has 0 amide bonds. The number of methoxy groups -OCH3 is 1. The third kappa shape index (κ3) is 2.41. The number of nitrogens with one attached hydrogen (secondary N) is 1. The molecule has 1 spiro atoms. The molecule has 1 aromatic carbocycles. The molecule has 5 heteroatoms. The van der Waals surface area contributed by atoms with E-state index in [2.05, 4.69) is 10.2 Å². The van der Waals surface area contributed by atoms with Crippen molar-refractivity contribution in [2.75, 3.05) is 20.2 Å². The zero-order valence-electron chi connectivity index (χ0n) is 11.6. The zero-order valence-corrected chi connectivity index (χ0v) is 12.4. The fourth-order valence-corrected chi connectivity index (χ4v) is 3.62. The quantitative estimate of drug-likeness (QED) is 0.827. The van der Waals surface area contributed by atoms with Crippen LogP contribution in [0.3, 0.4) is 0 Å². The van der Waals surface area contributed by atoms with Gasteiger partial charge in [0.25, 0.3) is 0 Å². The lowest BCUT2D eigenvalue weighted by Gasteiger charge is -2.56. The average molecular weight is 292 g/mol. The van der Waals surface area contributed by atoms with Gasteiger partial charge in [-0.15, -0.1) is 0 Å². The fraction of sp³-hybridized carbons (Fsp3) is 0.533. The maximum absolute atomic E-state index is 10.5. The Morgan fingerprint density at radius 1 is 1.45 bits per heavy atom. The van der Waals surface area contributed by atoms with Crippen molar-refractivity contribution in [1.82, 2.24) is 10.2 Å².